The van der Waals surface area contributed by atoms with Gasteiger partial charge in [-0.1, -0.05) is 30.7 Å². The first-order valence-corrected chi connectivity index (χ1v) is 6.35. The number of aryl methyl sites for hydroxylation is 2. The number of nitrogens with one attached hydrogen (secondary N) is 1. The highest BCUT2D eigenvalue weighted by Gasteiger charge is 2.04. The molecule has 0 saturated carbocycles. The topological polar surface area (TPSA) is 37.8 Å². The van der Waals surface area contributed by atoms with E-state index in [4.69, 9.17) is 0 Å². The Labute approximate surface area is 108 Å². The maximum absolute atomic E-state index is 4.56. The molecule has 0 saturated heterocycles. The van der Waals surface area contributed by atoms with Gasteiger partial charge in [0.1, 0.15) is 0 Å². The molecule has 2 aromatic rings. The summed E-state index contributed by atoms with van der Waals surface area (Å²) >= 11 is 0. The van der Waals surface area contributed by atoms with Gasteiger partial charge in [0.05, 0.1) is 5.69 Å². The average Bonchev–Trinajstić information content (AvgIpc) is 2.36. The number of benzene rings is 1. The van der Waals surface area contributed by atoms with E-state index < -0.39 is 0 Å². The van der Waals surface area contributed by atoms with Crippen molar-refractivity contribution in [2.75, 3.05) is 11.9 Å². The fourth-order valence-corrected chi connectivity index (χ4v) is 1.84. The van der Waals surface area contributed by atoms with Gasteiger partial charge in [-0.3, -0.25) is 0 Å². The van der Waals surface area contributed by atoms with Gasteiger partial charge in [0.15, 0.2) is 0 Å². The third kappa shape index (κ3) is 3.06. The second-order valence-electron chi connectivity index (χ2n) is 4.51. The van der Waals surface area contributed by atoms with E-state index >= 15 is 0 Å². The molecule has 0 amide bonds. The quantitative estimate of drug-likeness (QED) is 0.889. The Bertz CT molecular complexity index is 535. The highest BCUT2D eigenvalue weighted by Crippen LogP contribution is 2.20. The lowest BCUT2D eigenvalue weighted by molar-refractivity contribution is 0.947. The van der Waals surface area contributed by atoms with E-state index in [2.05, 4.69) is 53.4 Å². The zero-order valence-electron chi connectivity index (χ0n) is 11.2. The van der Waals surface area contributed by atoms with Gasteiger partial charge >= 0.3 is 0 Å². The average molecular weight is 241 g/mol. The summed E-state index contributed by atoms with van der Waals surface area (Å²) in [7, 11) is 0. The van der Waals surface area contributed by atoms with Crippen molar-refractivity contribution in [2.45, 2.75) is 27.2 Å². The van der Waals surface area contributed by atoms with Gasteiger partial charge in [0.25, 0.3) is 0 Å². The lowest BCUT2D eigenvalue weighted by atomic mass is 10.1. The van der Waals surface area contributed by atoms with Crippen LogP contribution in [-0.2, 0) is 0 Å². The van der Waals surface area contributed by atoms with Gasteiger partial charge in [-0.25, -0.2) is 9.97 Å². The summed E-state index contributed by atoms with van der Waals surface area (Å²) in [5.74, 6) is 0.716. The molecule has 3 nitrogen and oxygen atoms in total. The Hall–Kier alpha value is -1.90. The van der Waals surface area contributed by atoms with Crippen LogP contribution in [0, 0.1) is 13.8 Å². The number of nitrogens with zero attached hydrogens (tertiary/aromatic N) is 2. The third-order valence-corrected chi connectivity index (χ3v) is 2.70. The van der Waals surface area contributed by atoms with Crippen molar-refractivity contribution in [3.63, 3.8) is 0 Å². The molecule has 1 N–H and O–H groups in total. The molecule has 0 fully saturated rings. The normalized spacial score (nSPS) is 10.4. The number of hydrogen-bond donors (Lipinski definition) is 1. The third-order valence-electron chi connectivity index (χ3n) is 2.70. The van der Waals surface area contributed by atoms with E-state index in [-0.39, 0.29) is 0 Å². The molecule has 18 heavy (non-hydrogen) atoms. The highest BCUT2D eigenvalue weighted by molar-refractivity contribution is 5.61. The molecule has 0 bridgehead atoms. The lowest BCUT2D eigenvalue weighted by Crippen LogP contribution is -2.05. The summed E-state index contributed by atoms with van der Waals surface area (Å²) in [6.45, 7) is 7.12. The number of hydrogen-bond acceptors (Lipinski definition) is 3. The van der Waals surface area contributed by atoms with Crippen LogP contribution < -0.4 is 5.32 Å². The van der Waals surface area contributed by atoms with E-state index in [1.807, 2.05) is 13.0 Å². The summed E-state index contributed by atoms with van der Waals surface area (Å²) in [6.07, 6.45) is 1.07. The van der Waals surface area contributed by atoms with Crippen molar-refractivity contribution in [2.24, 2.45) is 0 Å². The molecular formula is C15H19N3. The fourth-order valence-electron chi connectivity index (χ4n) is 1.84. The van der Waals surface area contributed by atoms with E-state index in [0.29, 0.717) is 5.95 Å². The number of aromatic nitrogens is 2. The molecule has 3 heteroatoms. The highest BCUT2D eigenvalue weighted by atomic mass is 15.1. The minimum Gasteiger partial charge on any atom is -0.354 e. The van der Waals surface area contributed by atoms with E-state index in [1.165, 1.54) is 5.56 Å². The van der Waals surface area contributed by atoms with Crippen LogP contribution in [0.3, 0.4) is 0 Å². The van der Waals surface area contributed by atoms with E-state index in [9.17, 15) is 0 Å². The summed E-state index contributed by atoms with van der Waals surface area (Å²) in [5, 5.41) is 3.24. The molecular weight excluding hydrogens is 222 g/mol. The minimum absolute atomic E-state index is 0.716. The Kier molecular flexibility index (Phi) is 3.92. The summed E-state index contributed by atoms with van der Waals surface area (Å²) in [5.41, 5.74) is 4.34. The zero-order valence-corrected chi connectivity index (χ0v) is 11.2. The molecule has 0 aliphatic heterocycles. The van der Waals surface area contributed by atoms with Crippen molar-refractivity contribution in [3.05, 3.63) is 41.6 Å². The van der Waals surface area contributed by atoms with Crippen LogP contribution in [0.5, 0.6) is 0 Å². The Morgan fingerprint density at radius 3 is 2.67 bits per heavy atom. The molecule has 0 aliphatic carbocycles. The predicted octanol–water partition coefficient (Wildman–Crippen LogP) is 3.58. The van der Waals surface area contributed by atoms with Crippen LogP contribution in [0.15, 0.2) is 30.3 Å². The van der Waals surface area contributed by atoms with Gasteiger partial charge < -0.3 is 5.32 Å². The van der Waals surface area contributed by atoms with Crippen LogP contribution >= 0.6 is 0 Å². The van der Waals surface area contributed by atoms with Gasteiger partial charge in [-0.15, -0.1) is 0 Å². The van der Waals surface area contributed by atoms with Crippen LogP contribution in [0.25, 0.3) is 11.3 Å². The molecule has 0 radical (unpaired) electrons. The second kappa shape index (κ2) is 5.63. The largest absolute Gasteiger partial charge is 0.354 e. The van der Waals surface area contributed by atoms with E-state index in [0.717, 1.165) is 29.9 Å². The van der Waals surface area contributed by atoms with Crippen LogP contribution in [0.1, 0.15) is 24.6 Å². The van der Waals surface area contributed by atoms with E-state index in [1.54, 1.807) is 0 Å². The maximum atomic E-state index is 4.56. The zero-order chi connectivity index (χ0) is 13.0. The standard InChI is InChI=1S/C15H19N3/c1-4-8-16-15-17-12(3)10-14(18-15)13-7-5-6-11(2)9-13/h5-7,9-10H,4,8H2,1-3H3,(H,16,17,18). The first kappa shape index (κ1) is 12.6. The molecule has 1 heterocycles. The summed E-state index contributed by atoms with van der Waals surface area (Å²) in [4.78, 5) is 8.96. The summed E-state index contributed by atoms with van der Waals surface area (Å²) in [6, 6.07) is 10.4. The number of rotatable bonds is 4. The monoisotopic (exact) mass is 241 g/mol. The molecule has 1 aromatic heterocycles. The Morgan fingerprint density at radius 1 is 1.11 bits per heavy atom. The smallest absolute Gasteiger partial charge is 0.223 e. The van der Waals surface area contributed by atoms with Gasteiger partial charge in [-0.2, -0.15) is 0 Å². The second-order valence-corrected chi connectivity index (χ2v) is 4.51. The van der Waals surface area contributed by atoms with Crippen LogP contribution in [-0.4, -0.2) is 16.5 Å². The fraction of sp³-hybridized carbons (Fsp3) is 0.333. The van der Waals surface area contributed by atoms with Gasteiger partial charge in [-0.05, 0) is 32.4 Å². The molecule has 0 atom stereocenters. The van der Waals surface area contributed by atoms with Crippen molar-refractivity contribution < 1.29 is 0 Å². The SMILES string of the molecule is CCCNc1nc(C)cc(-c2cccc(C)c2)n1. The Balaban J connectivity index is 2.35. The van der Waals surface area contributed by atoms with Gasteiger partial charge in [0, 0.05) is 17.8 Å². The van der Waals surface area contributed by atoms with Gasteiger partial charge in [0.2, 0.25) is 5.95 Å². The molecule has 1 aromatic carbocycles. The van der Waals surface area contributed by atoms with Crippen LogP contribution in [0.2, 0.25) is 0 Å². The van der Waals surface area contributed by atoms with Crippen molar-refractivity contribution >= 4 is 5.95 Å². The first-order chi connectivity index (χ1) is 8.69. The van der Waals surface area contributed by atoms with Crippen molar-refractivity contribution in [3.8, 4) is 11.3 Å². The first-order valence-electron chi connectivity index (χ1n) is 6.35. The molecule has 0 spiro atoms. The van der Waals surface area contributed by atoms with Crippen molar-refractivity contribution in [1.82, 2.24) is 9.97 Å². The minimum atomic E-state index is 0.716. The maximum Gasteiger partial charge on any atom is 0.223 e. The number of anilines is 1. The van der Waals surface area contributed by atoms with Crippen LogP contribution in [0.4, 0.5) is 5.95 Å². The summed E-state index contributed by atoms with van der Waals surface area (Å²) < 4.78 is 0. The molecule has 0 aliphatic rings. The van der Waals surface area contributed by atoms with Crippen molar-refractivity contribution in [1.29, 1.82) is 0 Å². The molecule has 94 valence electrons. The Morgan fingerprint density at radius 2 is 1.94 bits per heavy atom. The predicted molar refractivity (Wildman–Crippen MR) is 75.7 cm³/mol. The molecule has 0 unspecified atom stereocenters. The lowest BCUT2D eigenvalue weighted by Gasteiger charge is -2.08. The molecule has 2 rings (SSSR count).